The van der Waals surface area contributed by atoms with Crippen LogP contribution in [0.15, 0.2) is 49.1 Å². The van der Waals surface area contributed by atoms with Crippen LogP contribution in [-0.2, 0) is 10.0 Å². The van der Waals surface area contributed by atoms with Crippen LogP contribution in [0.2, 0.25) is 0 Å². The average molecular weight is 372 g/mol. The number of nitrogens with zero attached hydrogens (tertiary/aromatic N) is 1. The second-order valence-electron chi connectivity index (χ2n) is 6.36. The van der Waals surface area contributed by atoms with Gasteiger partial charge in [0.25, 0.3) is 5.91 Å². The molecular formula is C20H24N2O3S. The summed E-state index contributed by atoms with van der Waals surface area (Å²) in [6, 6.07) is 10.5. The lowest BCUT2D eigenvalue weighted by Gasteiger charge is -2.21. The molecule has 0 saturated heterocycles. The van der Waals surface area contributed by atoms with E-state index in [0.29, 0.717) is 11.3 Å². The van der Waals surface area contributed by atoms with Gasteiger partial charge in [0.2, 0.25) is 10.0 Å². The molecule has 2 aromatic rings. The molecule has 6 heteroatoms. The molecule has 0 bridgehead atoms. The molecule has 138 valence electrons. The minimum Gasteiger partial charge on any atom is -0.322 e. The predicted molar refractivity (Wildman–Crippen MR) is 107 cm³/mol. The summed E-state index contributed by atoms with van der Waals surface area (Å²) in [5.74, 6) is -0.235. The maximum absolute atomic E-state index is 12.5. The second kappa shape index (κ2) is 7.74. The second-order valence-corrected chi connectivity index (χ2v) is 8.26. The number of carbonyl (C=O) groups is 1. The van der Waals surface area contributed by atoms with E-state index in [9.17, 15) is 13.2 Å². The van der Waals surface area contributed by atoms with E-state index in [4.69, 9.17) is 0 Å². The normalized spacial score (nSPS) is 11.1. The van der Waals surface area contributed by atoms with E-state index < -0.39 is 10.0 Å². The molecular weight excluding hydrogens is 348 g/mol. The van der Waals surface area contributed by atoms with Crippen LogP contribution in [0.3, 0.4) is 0 Å². The number of rotatable bonds is 6. The highest BCUT2D eigenvalue weighted by Gasteiger charge is 2.17. The fourth-order valence-corrected chi connectivity index (χ4v) is 3.77. The van der Waals surface area contributed by atoms with Gasteiger partial charge in [0.1, 0.15) is 0 Å². The Balaban J connectivity index is 2.25. The van der Waals surface area contributed by atoms with Crippen molar-refractivity contribution in [3.05, 3.63) is 71.3 Å². The molecule has 0 spiro atoms. The summed E-state index contributed by atoms with van der Waals surface area (Å²) >= 11 is 0. The Morgan fingerprint density at radius 3 is 2.12 bits per heavy atom. The molecule has 0 fully saturated rings. The van der Waals surface area contributed by atoms with Gasteiger partial charge >= 0.3 is 0 Å². The van der Waals surface area contributed by atoms with Gasteiger partial charge in [0.15, 0.2) is 0 Å². The number of sulfonamides is 1. The molecule has 1 amide bonds. The number of hydrogen-bond acceptors (Lipinski definition) is 3. The van der Waals surface area contributed by atoms with Gasteiger partial charge in [-0.3, -0.25) is 9.10 Å². The minimum atomic E-state index is -3.42. The SMILES string of the molecule is C=CCN(c1ccc(C(=O)Nc2c(C)cc(C)cc2C)cc1)S(C)(=O)=O. The third-order valence-corrected chi connectivity index (χ3v) is 5.19. The molecule has 26 heavy (non-hydrogen) atoms. The molecule has 2 aromatic carbocycles. The zero-order valence-electron chi connectivity index (χ0n) is 15.5. The van der Waals surface area contributed by atoms with Crippen LogP contribution < -0.4 is 9.62 Å². The quantitative estimate of drug-likeness (QED) is 0.784. The van der Waals surface area contributed by atoms with E-state index in [-0.39, 0.29) is 12.5 Å². The fraction of sp³-hybridized carbons (Fsp3) is 0.250. The number of amides is 1. The monoisotopic (exact) mass is 372 g/mol. The summed E-state index contributed by atoms with van der Waals surface area (Å²) < 4.78 is 25.0. The molecule has 0 aliphatic carbocycles. The highest BCUT2D eigenvalue weighted by molar-refractivity contribution is 7.92. The van der Waals surface area contributed by atoms with Gasteiger partial charge in [-0.2, -0.15) is 0 Å². The summed E-state index contributed by atoms with van der Waals surface area (Å²) in [6.07, 6.45) is 2.66. The van der Waals surface area contributed by atoms with E-state index >= 15 is 0 Å². The zero-order valence-corrected chi connectivity index (χ0v) is 16.4. The van der Waals surface area contributed by atoms with E-state index in [1.807, 2.05) is 32.9 Å². The Hall–Kier alpha value is -2.60. The number of nitrogens with one attached hydrogen (secondary N) is 1. The van der Waals surface area contributed by atoms with E-state index in [1.54, 1.807) is 24.3 Å². The van der Waals surface area contributed by atoms with Crippen molar-refractivity contribution in [2.45, 2.75) is 20.8 Å². The predicted octanol–water partition coefficient (Wildman–Crippen LogP) is 3.82. The summed E-state index contributed by atoms with van der Waals surface area (Å²) in [4.78, 5) is 12.5. The number of aryl methyl sites for hydroxylation is 3. The standard InChI is InChI=1S/C20H24N2O3S/c1-6-11-22(26(5,24)25)18-9-7-17(8-10-18)20(23)21-19-15(3)12-14(2)13-16(19)4/h6-10,12-13H,1,11H2,2-5H3,(H,21,23). The largest absolute Gasteiger partial charge is 0.322 e. The summed E-state index contributed by atoms with van der Waals surface area (Å²) in [7, 11) is -3.42. The van der Waals surface area contributed by atoms with Gasteiger partial charge in [-0.25, -0.2) is 8.42 Å². The van der Waals surface area contributed by atoms with Crippen LogP contribution in [0, 0.1) is 20.8 Å². The molecule has 0 unspecified atom stereocenters. The first kappa shape index (κ1) is 19.7. The van der Waals surface area contributed by atoms with Crippen molar-refractivity contribution in [2.75, 3.05) is 22.4 Å². The molecule has 0 aromatic heterocycles. The van der Waals surface area contributed by atoms with Crippen LogP contribution in [-0.4, -0.2) is 27.1 Å². The first-order valence-corrected chi connectivity index (χ1v) is 10.1. The van der Waals surface area contributed by atoms with Gasteiger partial charge in [-0.15, -0.1) is 6.58 Å². The Kier molecular flexibility index (Phi) is 5.87. The molecule has 0 aliphatic heterocycles. The maximum Gasteiger partial charge on any atom is 0.255 e. The lowest BCUT2D eigenvalue weighted by atomic mass is 10.0. The lowest BCUT2D eigenvalue weighted by molar-refractivity contribution is 0.102. The van der Waals surface area contributed by atoms with Crippen molar-refractivity contribution >= 4 is 27.3 Å². The van der Waals surface area contributed by atoms with Gasteiger partial charge in [-0.1, -0.05) is 23.8 Å². The van der Waals surface area contributed by atoms with Crippen LogP contribution in [0.4, 0.5) is 11.4 Å². The summed E-state index contributed by atoms with van der Waals surface area (Å²) in [5, 5.41) is 2.94. The van der Waals surface area contributed by atoms with E-state index in [2.05, 4.69) is 11.9 Å². The van der Waals surface area contributed by atoms with E-state index in [1.165, 1.54) is 10.4 Å². The first-order chi connectivity index (χ1) is 12.1. The first-order valence-electron chi connectivity index (χ1n) is 8.21. The van der Waals surface area contributed by atoms with Crippen molar-refractivity contribution in [1.82, 2.24) is 0 Å². The lowest BCUT2D eigenvalue weighted by Crippen LogP contribution is -2.29. The molecule has 0 atom stereocenters. The fourth-order valence-electron chi connectivity index (χ4n) is 2.89. The Bertz CT molecular complexity index is 909. The molecule has 0 heterocycles. The summed E-state index contributed by atoms with van der Waals surface area (Å²) in [5.41, 5.74) is 4.90. The summed E-state index contributed by atoms with van der Waals surface area (Å²) in [6.45, 7) is 9.68. The van der Waals surface area contributed by atoms with Crippen molar-refractivity contribution in [3.8, 4) is 0 Å². The number of anilines is 2. The average Bonchev–Trinajstić information content (AvgIpc) is 2.55. The third-order valence-electron chi connectivity index (χ3n) is 4.03. The smallest absolute Gasteiger partial charge is 0.255 e. The number of carbonyl (C=O) groups excluding carboxylic acids is 1. The Morgan fingerprint density at radius 1 is 1.12 bits per heavy atom. The maximum atomic E-state index is 12.5. The van der Waals surface area contributed by atoms with E-state index in [0.717, 1.165) is 28.6 Å². The highest BCUT2D eigenvalue weighted by Crippen LogP contribution is 2.23. The van der Waals surface area contributed by atoms with Crippen molar-refractivity contribution < 1.29 is 13.2 Å². The van der Waals surface area contributed by atoms with Gasteiger partial charge < -0.3 is 5.32 Å². The topological polar surface area (TPSA) is 66.5 Å². The Labute approximate surface area is 155 Å². The van der Waals surface area contributed by atoms with Gasteiger partial charge in [-0.05, 0) is 56.2 Å². The van der Waals surface area contributed by atoms with Crippen LogP contribution in [0.25, 0.3) is 0 Å². The third kappa shape index (κ3) is 4.52. The minimum absolute atomic E-state index is 0.173. The highest BCUT2D eigenvalue weighted by atomic mass is 32.2. The van der Waals surface area contributed by atoms with Crippen LogP contribution in [0.1, 0.15) is 27.0 Å². The van der Waals surface area contributed by atoms with Gasteiger partial charge in [0.05, 0.1) is 18.5 Å². The van der Waals surface area contributed by atoms with Crippen LogP contribution >= 0.6 is 0 Å². The molecule has 1 N–H and O–H groups in total. The molecule has 5 nitrogen and oxygen atoms in total. The van der Waals surface area contributed by atoms with Crippen molar-refractivity contribution in [1.29, 1.82) is 0 Å². The van der Waals surface area contributed by atoms with Crippen molar-refractivity contribution in [3.63, 3.8) is 0 Å². The number of hydrogen-bond donors (Lipinski definition) is 1. The van der Waals surface area contributed by atoms with Gasteiger partial charge in [0, 0.05) is 11.3 Å². The van der Waals surface area contributed by atoms with Crippen LogP contribution in [0.5, 0.6) is 0 Å². The zero-order chi connectivity index (χ0) is 19.5. The molecule has 2 rings (SSSR count). The molecule has 0 saturated carbocycles. The molecule has 0 aliphatic rings. The molecule has 0 radical (unpaired) electrons. The Morgan fingerprint density at radius 2 is 1.65 bits per heavy atom. The van der Waals surface area contributed by atoms with Crippen molar-refractivity contribution in [2.24, 2.45) is 0 Å². The number of benzene rings is 2.